The minimum absolute atomic E-state index is 0.117. The van der Waals surface area contributed by atoms with Crippen molar-refractivity contribution in [1.82, 2.24) is 14.3 Å². The third kappa shape index (κ3) is 3.08. The summed E-state index contributed by atoms with van der Waals surface area (Å²) >= 11 is 0. The van der Waals surface area contributed by atoms with Gasteiger partial charge in [-0.25, -0.2) is 22.7 Å². The first-order valence-electron chi connectivity index (χ1n) is 8.60. The zero-order valence-corrected chi connectivity index (χ0v) is 14.4. The number of hydrogen-bond acceptors (Lipinski definition) is 5. The molecular formula is C16H24N4O2S. The maximum atomic E-state index is 12.4. The summed E-state index contributed by atoms with van der Waals surface area (Å²) in [6.45, 7) is 1.71. The Balaban J connectivity index is 1.40. The zero-order valence-electron chi connectivity index (χ0n) is 13.6. The Kier molecular flexibility index (Phi) is 3.80. The Morgan fingerprint density at radius 2 is 1.83 bits per heavy atom. The highest BCUT2D eigenvalue weighted by atomic mass is 32.2. The standard InChI is InChI=1S/C16H24N4O2S/c1-19(23(21,22)14-4-5-14)13-7-10-20(11-8-13)15-6-9-17-16(18-15)12-2-3-12/h6,9,12-14H,2-5,7-8,10-11H2,1H3. The summed E-state index contributed by atoms with van der Waals surface area (Å²) in [4.78, 5) is 11.3. The summed E-state index contributed by atoms with van der Waals surface area (Å²) in [5, 5.41) is -0.117. The van der Waals surface area contributed by atoms with E-state index in [1.54, 1.807) is 11.4 Å². The lowest BCUT2D eigenvalue weighted by atomic mass is 10.1. The monoisotopic (exact) mass is 336 g/mol. The van der Waals surface area contributed by atoms with E-state index in [0.29, 0.717) is 5.92 Å². The number of hydrogen-bond donors (Lipinski definition) is 0. The molecule has 1 aliphatic heterocycles. The minimum Gasteiger partial charge on any atom is -0.356 e. The normalized spacial score (nSPS) is 23.5. The van der Waals surface area contributed by atoms with E-state index in [9.17, 15) is 8.42 Å². The van der Waals surface area contributed by atoms with Gasteiger partial charge in [-0.1, -0.05) is 0 Å². The average Bonchev–Trinajstić information content (AvgIpc) is 3.45. The molecule has 0 radical (unpaired) electrons. The predicted octanol–water partition coefficient (Wildman–Crippen LogP) is 1.75. The second-order valence-corrected chi connectivity index (χ2v) is 9.30. The highest BCUT2D eigenvalue weighted by molar-refractivity contribution is 7.90. The van der Waals surface area contributed by atoms with Crippen molar-refractivity contribution in [2.45, 2.75) is 55.7 Å². The summed E-state index contributed by atoms with van der Waals surface area (Å²) in [7, 11) is -1.31. The lowest BCUT2D eigenvalue weighted by Crippen LogP contribution is -2.46. The Bertz CT molecular complexity index is 677. The van der Waals surface area contributed by atoms with E-state index < -0.39 is 10.0 Å². The first-order chi connectivity index (χ1) is 11.1. The van der Waals surface area contributed by atoms with Crippen LogP contribution in [0.5, 0.6) is 0 Å². The van der Waals surface area contributed by atoms with Gasteiger partial charge in [0.1, 0.15) is 11.6 Å². The number of sulfonamides is 1. The van der Waals surface area contributed by atoms with E-state index in [0.717, 1.165) is 50.4 Å². The van der Waals surface area contributed by atoms with Gasteiger partial charge in [0.2, 0.25) is 10.0 Å². The number of anilines is 1. The topological polar surface area (TPSA) is 66.4 Å². The maximum Gasteiger partial charge on any atom is 0.216 e. The Hall–Kier alpha value is -1.21. The Labute approximate surface area is 138 Å². The van der Waals surface area contributed by atoms with Crippen molar-refractivity contribution in [3.8, 4) is 0 Å². The highest BCUT2D eigenvalue weighted by Gasteiger charge is 2.41. The van der Waals surface area contributed by atoms with Gasteiger partial charge in [0.15, 0.2) is 0 Å². The average molecular weight is 336 g/mol. The second-order valence-electron chi connectivity index (χ2n) is 7.03. The number of nitrogens with zero attached hydrogens (tertiary/aromatic N) is 4. The number of aromatic nitrogens is 2. The van der Waals surface area contributed by atoms with Crippen LogP contribution in [-0.2, 0) is 10.0 Å². The summed E-state index contributed by atoms with van der Waals surface area (Å²) in [5.74, 6) is 2.52. The van der Waals surface area contributed by atoms with Crippen LogP contribution in [0.15, 0.2) is 12.3 Å². The van der Waals surface area contributed by atoms with Crippen LogP contribution >= 0.6 is 0 Å². The van der Waals surface area contributed by atoms with Crippen LogP contribution in [0.25, 0.3) is 0 Å². The fraction of sp³-hybridized carbons (Fsp3) is 0.750. The van der Waals surface area contributed by atoms with E-state index in [1.807, 2.05) is 12.3 Å². The molecule has 126 valence electrons. The quantitative estimate of drug-likeness (QED) is 0.819. The molecule has 0 aromatic carbocycles. The second kappa shape index (κ2) is 5.70. The van der Waals surface area contributed by atoms with E-state index in [-0.39, 0.29) is 11.3 Å². The van der Waals surface area contributed by atoms with Gasteiger partial charge >= 0.3 is 0 Å². The minimum atomic E-state index is -3.07. The molecular weight excluding hydrogens is 312 g/mol. The van der Waals surface area contributed by atoms with Gasteiger partial charge < -0.3 is 4.90 Å². The van der Waals surface area contributed by atoms with Crippen LogP contribution < -0.4 is 4.90 Å². The van der Waals surface area contributed by atoms with Crippen molar-refractivity contribution in [2.24, 2.45) is 0 Å². The molecule has 0 atom stereocenters. The molecule has 0 spiro atoms. The third-order valence-electron chi connectivity index (χ3n) is 5.25. The van der Waals surface area contributed by atoms with Crippen LogP contribution in [0, 0.1) is 0 Å². The lowest BCUT2D eigenvalue weighted by Gasteiger charge is -2.36. The molecule has 23 heavy (non-hydrogen) atoms. The molecule has 3 aliphatic rings. The van der Waals surface area contributed by atoms with E-state index >= 15 is 0 Å². The van der Waals surface area contributed by atoms with Crippen molar-refractivity contribution >= 4 is 15.8 Å². The smallest absolute Gasteiger partial charge is 0.216 e. The molecule has 2 aliphatic carbocycles. The van der Waals surface area contributed by atoms with Gasteiger partial charge in [0, 0.05) is 38.3 Å². The van der Waals surface area contributed by atoms with Gasteiger partial charge in [-0.2, -0.15) is 0 Å². The molecule has 6 nitrogen and oxygen atoms in total. The largest absolute Gasteiger partial charge is 0.356 e. The van der Waals surface area contributed by atoms with Crippen molar-refractivity contribution < 1.29 is 8.42 Å². The molecule has 0 bridgehead atoms. The van der Waals surface area contributed by atoms with Gasteiger partial charge in [-0.05, 0) is 44.6 Å². The van der Waals surface area contributed by atoms with Crippen molar-refractivity contribution in [3.05, 3.63) is 18.1 Å². The molecule has 0 amide bonds. The fourth-order valence-corrected chi connectivity index (χ4v) is 5.17. The molecule has 4 rings (SSSR count). The third-order valence-corrected chi connectivity index (χ3v) is 7.67. The molecule has 1 aromatic rings. The molecule has 2 heterocycles. The van der Waals surface area contributed by atoms with E-state index in [1.165, 1.54) is 12.8 Å². The summed E-state index contributed by atoms with van der Waals surface area (Å²) in [5.41, 5.74) is 0. The van der Waals surface area contributed by atoms with Crippen LogP contribution in [0.4, 0.5) is 5.82 Å². The van der Waals surface area contributed by atoms with Crippen molar-refractivity contribution in [2.75, 3.05) is 25.0 Å². The van der Waals surface area contributed by atoms with Crippen molar-refractivity contribution in [3.63, 3.8) is 0 Å². The molecule has 2 saturated carbocycles. The zero-order chi connectivity index (χ0) is 16.0. The SMILES string of the molecule is CN(C1CCN(c2ccnc(C3CC3)n2)CC1)S(=O)(=O)C1CC1. The number of piperidine rings is 1. The fourth-order valence-electron chi connectivity index (χ4n) is 3.35. The Morgan fingerprint density at radius 1 is 1.13 bits per heavy atom. The molecule has 0 unspecified atom stereocenters. The van der Waals surface area contributed by atoms with E-state index in [4.69, 9.17) is 4.98 Å². The first kappa shape index (κ1) is 15.3. The van der Waals surface area contributed by atoms with Crippen molar-refractivity contribution in [1.29, 1.82) is 0 Å². The molecule has 1 saturated heterocycles. The van der Waals surface area contributed by atoms with Gasteiger partial charge in [-0.15, -0.1) is 0 Å². The molecule has 0 N–H and O–H groups in total. The summed E-state index contributed by atoms with van der Waals surface area (Å²) < 4.78 is 26.4. The van der Waals surface area contributed by atoms with Gasteiger partial charge in [0.05, 0.1) is 5.25 Å². The van der Waals surface area contributed by atoms with Gasteiger partial charge in [0.25, 0.3) is 0 Å². The highest BCUT2D eigenvalue weighted by Crippen LogP contribution is 2.38. The molecule has 7 heteroatoms. The molecule has 3 fully saturated rings. The van der Waals surface area contributed by atoms with Crippen LogP contribution in [0.2, 0.25) is 0 Å². The van der Waals surface area contributed by atoms with Crippen LogP contribution in [0.1, 0.15) is 50.3 Å². The maximum absolute atomic E-state index is 12.4. The lowest BCUT2D eigenvalue weighted by molar-refractivity contribution is 0.311. The summed E-state index contributed by atoms with van der Waals surface area (Å²) in [6.07, 6.45) is 7.65. The first-order valence-corrected chi connectivity index (χ1v) is 10.1. The molecule has 1 aromatic heterocycles. The Morgan fingerprint density at radius 3 is 2.43 bits per heavy atom. The number of rotatable bonds is 5. The summed E-state index contributed by atoms with van der Waals surface area (Å²) in [6, 6.07) is 2.10. The predicted molar refractivity (Wildman–Crippen MR) is 88.9 cm³/mol. The van der Waals surface area contributed by atoms with Crippen LogP contribution in [-0.4, -0.2) is 54.1 Å². The van der Waals surface area contributed by atoms with Crippen LogP contribution in [0.3, 0.4) is 0 Å². The van der Waals surface area contributed by atoms with Gasteiger partial charge in [-0.3, -0.25) is 0 Å². The van der Waals surface area contributed by atoms with E-state index in [2.05, 4.69) is 9.88 Å².